The van der Waals surface area contributed by atoms with Crippen LogP contribution in [0.2, 0.25) is 0 Å². The Morgan fingerprint density at radius 2 is 2.07 bits per heavy atom. The summed E-state index contributed by atoms with van der Waals surface area (Å²) in [6.07, 6.45) is 4.06. The first-order valence-corrected chi connectivity index (χ1v) is 6.27. The Morgan fingerprint density at radius 3 is 2.67 bits per heavy atom. The van der Waals surface area contributed by atoms with Gasteiger partial charge in [0.1, 0.15) is 5.01 Å². The molecule has 1 saturated carbocycles. The average molecular weight is 227 g/mol. The monoisotopic (exact) mass is 227 g/mol. The molecular formula is C10H17N3OS. The van der Waals surface area contributed by atoms with Gasteiger partial charge in [-0.3, -0.25) is 0 Å². The number of anilines is 1. The number of aliphatic hydroxyl groups is 1. The Labute approximate surface area is 93.7 Å². The van der Waals surface area contributed by atoms with Crippen LogP contribution in [0.25, 0.3) is 0 Å². The second-order valence-corrected chi connectivity index (χ2v) is 5.36. The van der Waals surface area contributed by atoms with Crippen LogP contribution in [-0.4, -0.2) is 28.0 Å². The highest BCUT2D eigenvalue weighted by molar-refractivity contribution is 7.15. The van der Waals surface area contributed by atoms with Gasteiger partial charge in [-0.1, -0.05) is 11.3 Å². The molecule has 0 bridgehead atoms. The lowest BCUT2D eigenvalue weighted by Crippen LogP contribution is -2.23. The van der Waals surface area contributed by atoms with Crippen molar-refractivity contribution in [3.63, 3.8) is 0 Å². The number of aliphatic hydroxyl groups excluding tert-OH is 1. The fourth-order valence-electron chi connectivity index (χ4n) is 1.95. The second kappa shape index (κ2) is 4.90. The summed E-state index contributed by atoms with van der Waals surface area (Å²) < 4.78 is 0. The van der Waals surface area contributed by atoms with Gasteiger partial charge in [0.05, 0.1) is 6.10 Å². The highest BCUT2D eigenvalue weighted by Gasteiger charge is 2.19. The molecule has 1 heterocycles. The SMILES string of the molecule is Cc1nnc(NCC2CCC(O)CC2)s1. The van der Waals surface area contributed by atoms with E-state index in [0.29, 0.717) is 5.92 Å². The van der Waals surface area contributed by atoms with Gasteiger partial charge in [0.2, 0.25) is 5.13 Å². The van der Waals surface area contributed by atoms with Gasteiger partial charge in [-0.25, -0.2) is 0 Å². The summed E-state index contributed by atoms with van der Waals surface area (Å²) in [5, 5.41) is 22.6. The predicted octanol–water partition coefficient (Wildman–Crippen LogP) is 1.81. The van der Waals surface area contributed by atoms with Gasteiger partial charge in [0.25, 0.3) is 0 Å². The summed E-state index contributed by atoms with van der Waals surface area (Å²) in [4.78, 5) is 0. The summed E-state index contributed by atoms with van der Waals surface area (Å²) in [6, 6.07) is 0. The Hall–Kier alpha value is -0.680. The maximum absolute atomic E-state index is 9.37. The van der Waals surface area contributed by atoms with E-state index in [1.165, 1.54) is 0 Å². The third-order valence-electron chi connectivity index (χ3n) is 2.88. The largest absolute Gasteiger partial charge is 0.393 e. The highest BCUT2D eigenvalue weighted by Crippen LogP contribution is 2.25. The Morgan fingerprint density at radius 1 is 1.33 bits per heavy atom. The van der Waals surface area contributed by atoms with Crippen molar-refractivity contribution in [3.05, 3.63) is 5.01 Å². The summed E-state index contributed by atoms with van der Waals surface area (Å²) in [6.45, 7) is 2.92. The number of hydrogen-bond donors (Lipinski definition) is 2. The smallest absolute Gasteiger partial charge is 0.205 e. The van der Waals surface area contributed by atoms with Crippen LogP contribution < -0.4 is 5.32 Å². The zero-order chi connectivity index (χ0) is 10.7. The molecule has 0 spiro atoms. The van der Waals surface area contributed by atoms with Gasteiger partial charge >= 0.3 is 0 Å². The lowest BCUT2D eigenvalue weighted by Gasteiger charge is -2.25. The van der Waals surface area contributed by atoms with Crippen molar-refractivity contribution in [1.29, 1.82) is 0 Å². The van der Waals surface area contributed by atoms with E-state index in [4.69, 9.17) is 0 Å². The first-order valence-electron chi connectivity index (χ1n) is 5.46. The Kier molecular flexibility index (Phi) is 3.53. The molecule has 0 aromatic carbocycles. The molecule has 1 aromatic heterocycles. The fraction of sp³-hybridized carbons (Fsp3) is 0.800. The first kappa shape index (κ1) is 10.8. The molecule has 2 rings (SSSR count). The van der Waals surface area contributed by atoms with E-state index in [-0.39, 0.29) is 6.10 Å². The number of rotatable bonds is 3. The molecule has 4 nitrogen and oxygen atoms in total. The molecule has 15 heavy (non-hydrogen) atoms. The standard InChI is InChI=1S/C10H17N3OS/c1-7-12-13-10(15-7)11-6-8-2-4-9(14)5-3-8/h8-9,14H,2-6H2,1H3,(H,11,13). The van der Waals surface area contributed by atoms with Gasteiger partial charge in [-0.15, -0.1) is 10.2 Å². The fourth-order valence-corrected chi connectivity index (χ4v) is 2.55. The van der Waals surface area contributed by atoms with Crippen molar-refractivity contribution in [2.24, 2.45) is 5.92 Å². The van der Waals surface area contributed by atoms with Crippen LogP contribution >= 0.6 is 11.3 Å². The topological polar surface area (TPSA) is 58.0 Å². The summed E-state index contributed by atoms with van der Waals surface area (Å²) >= 11 is 1.59. The molecule has 0 saturated heterocycles. The molecule has 2 N–H and O–H groups in total. The number of aryl methyl sites for hydroxylation is 1. The second-order valence-electron chi connectivity index (χ2n) is 4.18. The van der Waals surface area contributed by atoms with E-state index in [1.807, 2.05) is 6.92 Å². The molecule has 1 aliphatic rings. The van der Waals surface area contributed by atoms with Crippen molar-refractivity contribution >= 4 is 16.5 Å². The van der Waals surface area contributed by atoms with Crippen LogP contribution in [0.1, 0.15) is 30.7 Å². The van der Waals surface area contributed by atoms with Gasteiger partial charge in [0.15, 0.2) is 0 Å². The molecule has 1 aliphatic carbocycles. The Bertz CT molecular complexity index is 307. The van der Waals surface area contributed by atoms with Crippen molar-refractivity contribution in [3.8, 4) is 0 Å². The van der Waals surface area contributed by atoms with Crippen molar-refractivity contribution < 1.29 is 5.11 Å². The van der Waals surface area contributed by atoms with Gasteiger partial charge in [-0.2, -0.15) is 0 Å². The molecule has 0 aliphatic heterocycles. The molecule has 84 valence electrons. The van der Waals surface area contributed by atoms with Gasteiger partial charge in [0, 0.05) is 6.54 Å². The van der Waals surface area contributed by atoms with Gasteiger partial charge < -0.3 is 10.4 Å². The predicted molar refractivity (Wildman–Crippen MR) is 61.1 cm³/mol. The molecule has 5 heteroatoms. The molecular weight excluding hydrogens is 210 g/mol. The van der Waals surface area contributed by atoms with Crippen LogP contribution in [0.4, 0.5) is 5.13 Å². The molecule has 1 fully saturated rings. The first-order chi connectivity index (χ1) is 7.24. The van der Waals surface area contributed by atoms with E-state index in [2.05, 4.69) is 15.5 Å². The van der Waals surface area contributed by atoms with Crippen LogP contribution in [0.15, 0.2) is 0 Å². The van der Waals surface area contributed by atoms with Gasteiger partial charge in [-0.05, 0) is 38.5 Å². The molecule has 0 atom stereocenters. The summed E-state index contributed by atoms with van der Waals surface area (Å²) in [5.41, 5.74) is 0. The average Bonchev–Trinajstić information content (AvgIpc) is 2.64. The van der Waals surface area contributed by atoms with E-state index >= 15 is 0 Å². The van der Waals surface area contributed by atoms with E-state index in [1.54, 1.807) is 11.3 Å². The zero-order valence-electron chi connectivity index (χ0n) is 8.94. The van der Waals surface area contributed by atoms with Crippen LogP contribution in [0.3, 0.4) is 0 Å². The summed E-state index contributed by atoms with van der Waals surface area (Å²) in [7, 11) is 0. The van der Waals surface area contributed by atoms with Crippen LogP contribution in [0, 0.1) is 12.8 Å². The lowest BCUT2D eigenvalue weighted by atomic mass is 9.87. The minimum Gasteiger partial charge on any atom is -0.393 e. The third kappa shape index (κ3) is 3.14. The number of hydrogen-bond acceptors (Lipinski definition) is 5. The number of nitrogens with one attached hydrogen (secondary N) is 1. The van der Waals surface area contributed by atoms with Crippen molar-refractivity contribution in [2.75, 3.05) is 11.9 Å². The van der Waals surface area contributed by atoms with E-state index in [0.717, 1.165) is 42.4 Å². The third-order valence-corrected chi connectivity index (χ3v) is 3.68. The minimum absolute atomic E-state index is 0.0648. The van der Waals surface area contributed by atoms with E-state index < -0.39 is 0 Å². The normalized spacial score (nSPS) is 26.5. The molecule has 0 radical (unpaired) electrons. The maximum atomic E-state index is 9.37. The number of aromatic nitrogens is 2. The van der Waals surface area contributed by atoms with Crippen LogP contribution in [-0.2, 0) is 0 Å². The van der Waals surface area contributed by atoms with E-state index in [9.17, 15) is 5.11 Å². The molecule has 0 amide bonds. The lowest BCUT2D eigenvalue weighted by molar-refractivity contribution is 0.111. The van der Waals surface area contributed by atoms with Crippen molar-refractivity contribution in [1.82, 2.24) is 10.2 Å². The zero-order valence-corrected chi connectivity index (χ0v) is 9.76. The molecule has 1 aromatic rings. The maximum Gasteiger partial charge on any atom is 0.205 e. The summed E-state index contributed by atoms with van der Waals surface area (Å²) in [5.74, 6) is 0.678. The minimum atomic E-state index is -0.0648. The highest BCUT2D eigenvalue weighted by atomic mass is 32.1. The van der Waals surface area contributed by atoms with Crippen LogP contribution in [0.5, 0.6) is 0 Å². The Balaban J connectivity index is 1.74. The quantitative estimate of drug-likeness (QED) is 0.827. The van der Waals surface area contributed by atoms with Crippen molar-refractivity contribution in [2.45, 2.75) is 38.7 Å². The number of nitrogens with zero attached hydrogens (tertiary/aromatic N) is 2. The molecule has 0 unspecified atom stereocenters.